The van der Waals surface area contributed by atoms with Crippen molar-refractivity contribution in [3.8, 4) is 22.9 Å². The van der Waals surface area contributed by atoms with E-state index < -0.39 is 0 Å². The molecular formula is C30H26N6O2. The Balaban J connectivity index is 1.47. The second-order valence-corrected chi connectivity index (χ2v) is 8.99. The summed E-state index contributed by atoms with van der Waals surface area (Å²) in [6, 6.07) is 20.2. The first kappa shape index (κ1) is 23.4. The van der Waals surface area contributed by atoms with Crippen LogP contribution in [0.2, 0.25) is 0 Å². The number of pyridine rings is 2. The van der Waals surface area contributed by atoms with Crippen LogP contribution in [-0.4, -0.2) is 38.7 Å². The SMILES string of the molecule is COc1ccc(C(Nc2cc(-c3ccc4ccn(C)c4c3)c3nccnc3c2)c2ccc(OC)nc2)cn1. The second kappa shape index (κ2) is 9.82. The third kappa shape index (κ3) is 4.37. The van der Waals surface area contributed by atoms with Crippen molar-refractivity contribution in [1.29, 1.82) is 0 Å². The number of ether oxygens (including phenoxy) is 2. The highest BCUT2D eigenvalue weighted by Crippen LogP contribution is 2.35. The zero-order valence-electron chi connectivity index (χ0n) is 21.3. The molecule has 0 saturated carbocycles. The van der Waals surface area contributed by atoms with E-state index in [2.05, 4.69) is 73.4 Å². The summed E-state index contributed by atoms with van der Waals surface area (Å²) in [7, 11) is 5.27. The third-order valence-electron chi connectivity index (χ3n) is 6.69. The van der Waals surface area contributed by atoms with Crippen molar-refractivity contribution in [2.24, 2.45) is 7.05 Å². The van der Waals surface area contributed by atoms with Crippen molar-refractivity contribution < 1.29 is 9.47 Å². The Labute approximate surface area is 220 Å². The van der Waals surface area contributed by atoms with Gasteiger partial charge in [0.25, 0.3) is 0 Å². The van der Waals surface area contributed by atoms with Crippen LogP contribution in [0.15, 0.2) is 91.6 Å². The quantitative estimate of drug-likeness (QED) is 0.295. The predicted octanol–water partition coefficient (Wildman–Crippen LogP) is 5.80. The lowest BCUT2D eigenvalue weighted by atomic mass is 9.99. The maximum atomic E-state index is 5.27. The first-order valence-electron chi connectivity index (χ1n) is 12.2. The van der Waals surface area contributed by atoms with Crippen LogP contribution in [0.3, 0.4) is 0 Å². The van der Waals surface area contributed by atoms with Gasteiger partial charge < -0.3 is 19.4 Å². The molecule has 0 unspecified atom stereocenters. The van der Waals surface area contributed by atoms with E-state index in [-0.39, 0.29) is 6.04 Å². The molecule has 4 aromatic heterocycles. The summed E-state index contributed by atoms with van der Waals surface area (Å²) in [6.07, 6.45) is 9.14. The first-order valence-corrected chi connectivity index (χ1v) is 12.2. The molecule has 0 aliphatic carbocycles. The van der Waals surface area contributed by atoms with Gasteiger partial charge in [-0.05, 0) is 58.5 Å². The second-order valence-electron chi connectivity index (χ2n) is 8.99. The predicted molar refractivity (Wildman–Crippen MR) is 148 cm³/mol. The molecule has 0 bridgehead atoms. The number of hydrogen-bond acceptors (Lipinski definition) is 7. The summed E-state index contributed by atoms with van der Waals surface area (Å²) < 4.78 is 12.7. The molecular weight excluding hydrogens is 476 g/mol. The van der Waals surface area contributed by atoms with Crippen molar-refractivity contribution in [3.63, 3.8) is 0 Å². The van der Waals surface area contributed by atoms with Crippen LogP contribution in [0.25, 0.3) is 33.1 Å². The van der Waals surface area contributed by atoms with E-state index in [0.29, 0.717) is 11.8 Å². The summed E-state index contributed by atoms with van der Waals surface area (Å²) in [5.41, 5.74) is 7.70. The average Bonchev–Trinajstić information content (AvgIpc) is 3.35. The van der Waals surface area contributed by atoms with Crippen LogP contribution >= 0.6 is 0 Å². The van der Waals surface area contributed by atoms with E-state index in [9.17, 15) is 0 Å². The number of rotatable bonds is 7. The molecule has 0 spiro atoms. The molecule has 0 amide bonds. The molecule has 0 aliphatic heterocycles. The highest BCUT2D eigenvalue weighted by molar-refractivity contribution is 5.97. The highest BCUT2D eigenvalue weighted by atomic mass is 16.5. The molecule has 2 aromatic carbocycles. The third-order valence-corrected chi connectivity index (χ3v) is 6.69. The summed E-state index contributed by atoms with van der Waals surface area (Å²) in [4.78, 5) is 18.2. The minimum absolute atomic E-state index is 0.232. The molecule has 38 heavy (non-hydrogen) atoms. The number of aryl methyl sites for hydroxylation is 1. The van der Waals surface area contributed by atoms with E-state index in [4.69, 9.17) is 9.47 Å². The Bertz CT molecular complexity index is 1680. The summed E-state index contributed by atoms with van der Waals surface area (Å²) in [5.74, 6) is 1.11. The molecule has 4 heterocycles. The fraction of sp³-hybridized carbons (Fsp3) is 0.133. The Morgan fingerprint density at radius 2 is 1.47 bits per heavy atom. The van der Waals surface area contributed by atoms with E-state index >= 15 is 0 Å². The van der Waals surface area contributed by atoms with E-state index in [1.165, 1.54) is 5.39 Å². The van der Waals surface area contributed by atoms with Gasteiger partial charge in [0.05, 0.1) is 31.3 Å². The van der Waals surface area contributed by atoms with Crippen molar-refractivity contribution in [2.75, 3.05) is 19.5 Å². The number of benzene rings is 2. The van der Waals surface area contributed by atoms with Gasteiger partial charge in [0.15, 0.2) is 0 Å². The first-order chi connectivity index (χ1) is 18.6. The van der Waals surface area contributed by atoms with Crippen LogP contribution in [0.4, 0.5) is 5.69 Å². The van der Waals surface area contributed by atoms with Gasteiger partial charge in [-0.1, -0.05) is 12.1 Å². The fourth-order valence-corrected chi connectivity index (χ4v) is 4.70. The van der Waals surface area contributed by atoms with E-state index in [0.717, 1.165) is 44.5 Å². The van der Waals surface area contributed by atoms with Crippen molar-refractivity contribution in [2.45, 2.75) is 6.04 Å². The molecule has 8 heteroatoms. The van der Waals surface area contributed by atoms with Gasteiger partial charge in [-0.3, -0.25) is 9.97 Å². The lowest BCUT2D eigenvalue weighted by molar-refractivity contribution is 0.397. The fourth-order valence-electron chi connectivity index (χ4n) is 4.70. The number of aromatic nitrogens is 5. The molecule has 8 nitrogen and oxygen atoms in total. The smallest absolute Gasteiger partial charge is 0.212 e. The van der Waals surface area contributed by atoms with Crippen LogP contribution in [0, 0.1) is 0 Å². The Kier molecular flexibility index (Phi) is 6.05. The van der Waals surface area contributed by atoms with Gasteiger partial charge >= 0.3 is 0 Å². The van der Waals surface area contributed by atoms with Gasteiger partial charge in [-0.25, -0.2) is 9.97 Å². The molecule has 1 N–H and O–H groups in total. The Hall–Kier alpha value is -4.98. The van der Waals surface area contributed by atoms with Crippen molar-refractivity contribution >= 4 is 27.6 Å². The van der Waals surface area contributed by atoms with Crippen LogP contribution in [0.5, 0.6) is 11.8 Å². The Morgan fingerprint density at radius 3 is 2.13 bits per heavy atom. The zero-order chi connectivity index (χ0) is 26.1. The topological polar surface area (TPSA) is 87.0 Å². The number of anilines is 1. The van der Waals surface area contributed by atoms with Crippen molar-refractivity contribution in [3.05, 3.63) is 103 Å². The number of nitrogens with one attached hydrogen (secondary N) is 1. The molecule has 6 rings (SSSR count). The van der Waals surface area contributed by atoms with E-state index in [1.54, 1.807) is 26.6 Å². The lowest BCUT2D eigenvalue weighted by Crippen LogP contribution is -2.13. The molecule has 0 atom stereocenters. The minimum Gasteiger partial charge on any atom is -0.481 e. The summed E-state index contributed by atoms with van der Waals surface area (Å²) >= 11 is 0. The van der Waals surface area contributed by atoms with Gasteiger partial charge in [0.1, 0.15) is 0 Å². The van der Waals surface area contributed by atoms with E-state index in [1.807, 2.05) is 42.7 Å². The van der Waals surface area contributed by atoms with Crippen LogP contribution in [0.1, 0.15) is 17.2 Å². The van der Waals surface area contributed by atoms with Gasteiger partial charge in [-0.2, -0.15) is 0 Å². The summed E-state index contributed by atoms with van der Waals surface area (Å²) in [6.45, 7) is 0. The molecule has 0 fully saturated rings. The van der Waals surface area contributed by atoms with Gasteiger partial charge in [0, 0.05) is 66.9 Å². The van der Waals surface area contributed by atoms with Gasteiger partial charge in [0.2, 0.25) is 11.8 Å². The number of methoxy groups -OCH3 is 2. The summed E-state index contributed by atoms with van der Waals surface area (Å²) in [5, 5.41) is 4.89. The zero-order valence-corrected chi connectivity index (χ0v) is 21.3. The maximum Gasteiger partial charge on any atom is 0.212 e. The largest absolute Gasteiger partial charge is 0.481 e. The number of fused-ring (bicyclic) bond motifs is 2. The van der Waals surface area contributed by atoms with Crippen LogP contribution in [-0.2, 0) is 7.05 Å². The molecule has 0 radical (unpaired) electrons. The standard InChI is InChI=1S/C30H26N6O2/c1-36-13-10-19-4-5-20(14-26(19)36)24-15-23(16-25-30(24)32-12-11-31-25)35-29(21-6-8-27(37-2)33-17-21)22-7-9-28(38-3)34-18-22/h4-18,29,35H,1-3H3. The molecule has 0 saturated heterocycles. The average molecular weight is 503 g/mol. The Morgan fingerprint density at radius 1 is 0.763 bits per heavy atom. The van der Waals surface area contributed by atoms with Crippen molar-refractivity contribution in [1.82, 2.24) is 24.5 Å². The number of hydrogen-bond donors (Lipinski definition) is 1. The lowest BCUT2D eigenvalue weighted by Gasteiger charge is -2.22. The monoisotopic (exact) mass is 502 g/mol. The van der Waals surface area contributed by atoms with Gasteiger partial charge in [-0.15, -0.1) is 0 Å². The molecule has 6 aromatic rings. The van der Waals surface area contributed by atoms with Crippen LogP contribution < -0.4 is 14.8 Å². The normalized spacial score (nSPS) is 11.3. The minimum atomic E-state index is -0.232. The maximum absolute atomic E-state index is 5.27. The molecule has 0 aliphatic rings. The number of nitrogens with zero attached hydrogens (tertiary/aromatic N) is 5. The highest BCUT2D eigenvalue weighted by Gasteiger charge is 2.18. The molecule has 188 valence electrons.